The van der Waals surface area contributed by atoms with Crippen LogP contribution in [-0.4, -0.2) is 91.3 Å². The second kappa shape index (κ2) is 11.2. The van der Waals surface area contributed by atoms with Crippen molar-refractivity contribution in [3.05, 3.63) is 60.2 Å². The molecule has 7 heteroatoms. The fourth-order valence-corrected chi connectivity index (χ4v) is 4.48. The molecule has 2 amide bonds. The van der Waals surface area contributed by atoms with Crippen LogP contribution in [0.2, 0.25) is 0 Å². The summed E-state index contributed by atoms with van der Waals surface area (Å²) >= 11 is 0. The number of hydrogen-bond acceptors (Lipinski definition) is 5. The lowest BCUT2D eigenvalue weighted by Crippen LogP contribution is -2.52. The quantitative estimate of drug-likeness (QED) is 0.652. The van der Waals surface area contributed by atoms with E-state index in [9.17, 15) is 9.90 Å². The number of amides is 2. The molecule has 0 saturated carbocycles. The van der Waals surface area contributed by atoms with Crippen LogP contribution >= 0.6 is 0 Å². The lowest BCUT2D eigenvalue weighted by Gasteiger charge is -2.36. The number of carbonyl (C=O) groups excluding carboxylic acids is 1. The Balaban J connectivity index is 1.08. The summed E-state index contributed by atoms with van der Waals surface area (Å²) in [4.78, 5) is 21.6. The molecule has 0 radical (unpaired) electrons. The van der Waals surface area contributed by atoms with Crippen molar-refractivity contribution >= 4 is 11.7 Å². The molecule has 0 atom stereocenters. The summed E-state index contributed by atoms with van der Waals surface area (Å²) in [7, 11) is 0. The lowest BCUT2D eigenvalue weighted by atomic mass is 10.2. The summed E-state index contributed by atoms with van der Waals surface area (Å²) in [5.74, 6) is 0.278. The van der Waals surface area contributed by atoms with Gasteiger partial charge in [-0.05, 0) is 30.7 Å². The lowest BCUT2D eigenvalue weighted by molar-refractivity contribution is 0.126. The standard InChI is InChI=1S/C25H35N5O2/c31-24-9-4-8-23(20-24)29-16-18-30(19-17-29)25(32)26-10-5-11-27-12-14-28(15-13-27)21-22-6-2-1-3-7-22/h1-4,6-9,20,31H,5,10-19,21H2,(H,26,32). The predicted molar refractivity (Wildman–Crippen MR) is 128 cm³/mol. The van der Waals surface area contributed by atoms with Gasteiger partial charge in [-0.2, -0.15) is 0 Å². The molecule has 0 unspecified atom stereocenters. The van der Waals surface area contributed by atoms with Gasteiger partial charge in [-0.25, -0.2) is 4.79 Å². The normalized spacial score (nSPS) is 18.0. The van der Waals surface area contributed by atoms with Gasteiger partial charge in [-0.3, -0.25) is 4.90 Å². The molecule has 0 bridgehead atoms. The Labute approximate surface area is 191 Å². The van der Waals surface area contributed by atoms with Crippen LogP contribution in [-0.2, 0) is 6.54 Å². The second-order valence-electron chi connectivity index (χ2n) is 8.68. The van der Waals surface area contributed by atoms with E-state index in [4.69, 9.17) is 0 Å². The maximum atomic E-state index is 12.5. The molecule has 32 heavy (non-hydrogen) atoms. The van der Waals surface area contributed by atoms with Crippen LogP contribution in [0.3, 0.4) is 0 Å². The Morgan fingerprint density at radius 1 is 0.844 bits per heavy atom. The fraction of sp³-hybridized carbons (Fsp3) is 0.480. The van der Waals surface area contributed by atoms with Crippen LogP contribution in [0.15, 0.2) is 54.6 Å². The first-order valence-corrected chi connectivity index (χ1v) is 11.7. The summed E-state index contributed by atoms with van der Waals surface area (Å²) in [5, 5.41) is 12.8. The van der Waals surface area contributed by atoms with E-state index >= 15 is 0 Å². The number of carbonyl (C=O) groups is 1. The molecule has 2 aromatic carbocycles. The van der Waals surface area contributed by atoms with Gasteiger partial charge in [0.25, 0.3) is 0 Å². The topological polar surface area (TPSA) is 62.3 Å². The highest BCUT2D eigenvalue weighted by atomic mass is 16.3. The van der Waals surface area contributed by atoms with Crippen molar-refractivity contribution in [3.63, 3.8) is 0 Å². The van der Waals surface area contributed by atoms with Crippen molar-refractivity contribution in [2.45, 2.75) is 13.0 Å². The molecule has 7 nitrogen and oxygen atoms in total. The summed E-state index contributed by atoms with van der Waals surface area (Å²) < 4.78 is 0. The van der Waals surface area contributed by atoms with Gasteiger partial charge >= 0.3 is 6.03 Å². The molecule has 172 valence electrons. The summed E-state index contributed by atoms with van der Waals surface area (Å²) in [6.07, 6.45) is 0.980. The number of aromatic hydroxyl groups is 1. The van der Waals surface area contributed by atoms with Gasteiger partial charge in [0.05, 0.1) is 0 Å². The Morgan fingerprint density at radius 3 is 2.28 bits per heavy atom. The summed E-state index contributed by atoms with van der Waals surface area (Å²) in [5.41, 5.74) is 2.39. The predicted octanol–water partition coefficient (Wildman–Crippen LogP) is 2.43. The molecule has 0 aliphatic carbocycles. The van der Waals surface area contributed by atoms with E-state index < -0.39 is 0 Å². The second-order valence-corrected chi connectivity index (χ2v) is 8.68. The van der Waals surface area contributed by atoms with E-state index in [0.29, 0.717) is 13.1 Å². The number of rotatable bonds is 7. The average molecular weight is 438 g/mol. The number of hydrogen-bond donors (Lipinski definition) is 2. The molecule has 2 aliphatic heterocycles. The van der Waals surface area contributed by atoms with Crippen molar-refractivity contribution in [2.24, 2.45) is 0 Å². The van der Waals surface area contributed by atoms with Gasteiger partial charge in [-0.1, -0.05) is 36.4 Å². The minimum Gasteiger partial charge on any atom is -0.508 e. The molecule has 2 saturated heterocycles. The average Bonchev–Trinajstić information content (AvgIpc) is 2.83. The number of anilines is 1. The summed E-state index contributed by atoms with van der Waals surface area (Å²) in [6, 6.07) is 18.0. The first-order chi connectivity index (χ1) is 15.7. The molecule has 4 rings (SSSR count). The minimum atomic E-state index is 0.0354. The Kier molecular flexibility index (Phi) is 7.85. The molecule has 0 spiro atoms. The third-order valence-electron chi connectivity index (χ3n) is 6.40. The number of phenols is 1. The SMILES string of the molecule is O=C(NCCCN1CCN(Cc2ccccc2)CC1)N1CCN(c2cccc(O)c2)CC1. The molecule has 2 aromatic rings. The zero-order valence-electron chi connectivity index (χ0n) is 18.8. The Bertz CT molecular complexity index is 846. The van der Waals surface area contributed by atoms with Gasteiger partial charge in [0.2, 0.25) is 0 Å². The van der Waals surface area contributed by atoms with Gasteiger partial charge in [0.15, 0.2) is 0 Å². The Hall–Kier alpha value is -2.77. The number of phenolic OH excluding ortho intramolecular Hbond substituents is 1. The molecule has 2 heterocycles. The van der Waals surface area contributed by atoms with Crippen molar-refractivity contribution in [1.82, 2.24) is 20.0 Å². The van der Waals surface area contributed by atoms with Crippen molar-refractivity contribution in [2.75, 3.05) is 70.3 Å². The number of benzene rings is 2. The van der Waals surface area contributed by atoms with E-state index in [-0.39, 0.29) is 11.8 Å². The van der Waals surface area contributed by atoms with Crippen molar-refractivity contribution < 1.29 is 9.90 Å². The van der Waals surface area contributed by atoms with E-state index in [1.807, 2.05) is 17.0 Å². The van der Waals surface area contributed by atoms with Crippen LogP contribution in [0, 0.1) is 0 Å². The maximum Gasteiger partial charge on any atom is 0.317 e. The smallest absolute Gasteiger partial charge is 0.317 e. The van der Waals surface area contributed by atoms with Crippen LogP contribution in [0.5, 0.6) is 5.75 Å². The van der Waals surface area contributed by atoms with Crippen LogP contribution in [0.1, 0.15) is 12.0 Å². The van der Waals surface area contributed by atoms with E-state index in [1.165, 1.54) is 5.56 Å². The third kappa shape index (κ3) is 6.37. The molecule has 2 N–H and O–H groups in total. The van der Waals surface area contributed by atoms with Crippen LogP contribution in [0.25, 0.3) is 0 Å². The molecular weight excluding hydrogens is 402 g/mol. The minimum absolute atomic E-state index is 0.0354. The van der Waals surface area contributed by atoms with Gasteiger partial charge in [0.1, 0.15) is 5.75 Å². The highest BCUT2D eigenvalue weighted by Crippen LogP contribution is 2.21. The highest BCUT2D eigenvalue weighted by Gasteiger charge is 2.21. The van der Waals surface area contributed by atoms with E-state index in [1.54, 1.807) is 12.1 Å². The summed E-state index contributed by atoms with van der Waals surface area (Å²) in [6.45, 7) is 10.1. The monoisotopic (exact) mass is 437 g/mol. The highest BCUT2D eigenvalue weighted by molar-refractivity contribution is 5.74. The van der Waals surface area contributed by atoms with Crippen LogP contribution < -0.4 is 10.2 Å². The van der Waals surface area contributed by atoms with Gasteiger partial charge < -0.3 is 25.1 Å². The number of urea groups is 1. The Morgan fingerprint density at radius 2 is 1.56 bits per heavy atom. The van der Waals surface area contributed by atoms with Crippen LogP contribution in [0.4, 0.5) is 10.5 Å². The molecule has 2 fully saturated rings. The molecule has 2 aliphatic rings. The van der Waals surface area contributed by atoms with E-state index in [2.05, 4.69) is 50.3 Å². The van der Waals surface area contributed by atoms with Crippen molar-refractivity contribution in [1.29, 1.82) is 0 Å². The molecule has 0 aromatic heterocycles. The first kappa shape index (κ1) is 22.4. The fourth-order valence-electron chi connectivity index (χ4n) is 4.48. The molecular formula is C25H35N5O2. The number of nitrogens with one attached hydrogen (secondary N) is 1. The first-order valence-electron chi connectivity index (χ1n) is 11.7. The van der Waals surface area contributed by atoms with E-state index in [0.717, 1.165) is 71.0 Å². The maximum absolute atomic E-state index is 12.5. The van der Waals surface area contributed by atoms with Crippen molar-refractivity contribution in [3.8, 4) is 5.75 Å². The number of piperazine rings is 2. The largest absolute Gasteiger partial charge is 0.508 e. The third-order valence-corrected chi connectivity index (χ3v) is 6.40. The van der Waals surface area contributed by atoms with Gasteiger partial charge in [-0.15, -0.1) is 0 Å². The van der Waals surface area contributed by atoms with Gasteiger partial charge in [0, 0.05) is 77.2 Å². The zero-order valence-corrected chi connectivity index (χ0v) is 18.8. The number of nitrogens with zero attached hydrogens (tertiary/aromatic N) is 4. The zero-order chi connectivity index (χ0) is 22.2.